The van der Waals surface area contributed by atoms with E-state index in [1.165, 1.54) is 17.0 Å². The van der Waals surface area contributed by atoms with Crippen molar-refractivity contribution in [3.63, 3.8) is 0 Å². The zero-order chi connectivity index (χ0) is 15.5. The highest BCUT2D eigenvalue weighted by Gasteiger charge is 2.26. The summed E-state index contributed by atoms with van der Waals surface area (Å²) in [6.45, 7) is 0.102. The van der Waals surface area contributed by atoms with E-state index in [0.29, 0.717) is 22.9 Å². The number of amides is 1. The first-order chi connectivity index (χ1) is 10.7. The van der Waals surface area contributed by atoms with Gasteiger partial charge in [0.1, 0.15) is 0 Å². The molecule has 6 heteroatoms. The number of nitrogens with zero attached hydrogens (tertiary/aromatic N) is 1. The summed E-state index contributed by atoms with van der Waals surface area (Å²) in [5.41, 5.74) is 0.634. The summed E-state index contributed by atoms with van der Waals surface area (Å²) in [6, 6.07) is 13.0. The molecule has 1 atom stereocenters. The van der Waals surface area contributed by atoms with Crippen molar-refractivity contribution in [3.05, 3.63) is 54.3 Å². The van der Waals surface area contributed by atoms with Crippen LogP contribution in [0.2, 0.25) is 0 Å². The highest BCUT2D eigenvalue weighted by atomic mass is 32.2. The second-order valence-electron chi connectivity index (χ2n) is 4.78. The summed E-state index contributed by atoms with van der Waals surface area (Å²) < 4.78 is 30.7. The molecule has 0 N–H and O–H groups in total. The monoisotopic (exact) mass is 319 g/mol. The smallest absolute Gasteiger partial charge is 0.264 e. The number of ether oxygens (including phenoxy) is 1. The number of halogens is 1. The Balaban J connectivity index is 1.75. The molecule has 4 nitrogen and oxygen atoms in total. The summed E-state index contributed by atoms with van der Waals surface area (Å²) in [4.78, 5) is 14.5. The summed E-state index contributed by atoms with van der Waals surface area (Å²) >= 11 is 0. The van der Waals surface area contributed by atoms with Gasteiger partial charge < -0.3 is 9.64 Å². The quantitative estimate of drug-likeness (QED) is 0.872. The predicted octanol–water partition coefficient (Wildman–Crippen LogP) is 2.36. The van der Waals surface area contributed by atoms with Crippen molar-refractivity contribution < 1.29 is 18.1 Å². The Morgan fingerprint density at radius 2 is 1.91 bits per heavy atom. The van der Waals surface area contributed by atoms with Gasteiger partial charge in [-0.05, 0) is 24.3 Å². The summed E-state index contributed by atoms with van der Waals surface area (Å²) in [5.74, 6) is -0.352. The van der Waals surface area contributed by atoms with Crippen LogP contribution in [0.3, 0.4) is 0 Å². The van der Waals surface area contributed by atoms with Crippen LogP contribution < -0.4 is 9.64 Å². The van der Waals surface area contributed by atoms with Gasteiger partial charge in [-0.15, -0.1) is 0 Å². The van der Waals surface area contributed by atoms with Crippen LogP contribution in [-0.4, -0.2) is 29.0 Å². The summed E-state index contributed by atoms with van der Waals surface area (Å²) in [6.07, 6.45) is 0. The maximum atomic E-state index is 13.5. The molecule has 0 fully saturated rings. The minimum Gasteiger partial charge on any atom is -0.481 e. The van der Waals surface area contributed by atoms with Gasteiger partial charge in [-0.3, -0.25) is 9.00 Å². The SMILES string of the molecule is O=C(COc1ccccc1F)N1CCS(=O)c2ccccc21. The molecule has 0 bridgehead atoms. The lowest BCUT2D eigenvalue weighted by Gasteiger charge is -2.28. The molecule has 1 heterocycles. The Hall–Kier alpha value is -2.21. The molecule has 1 aliphatic rings. The lowest BCUT2D eigenvalue weighted by molar-refractivity contribution is -0.120. The van der Waals surface area contributed by atoms with Gasteiger partial charge in [-0.1, -0.05) is 24.3 Å². The number of anilines is 1. The maximum absolute atomic E-state index is 13.5. The minimum absolute atomic E-state index is 0.0460. The fourth-order valence-electron chi connectivity index (χ4n) is 2.32. The van der Waals surface area contributed by atoms with Crippen molar-refractivity contribution in [3.8, 4) is 5.75 Å². The second kappa shape index (κ2) is 6.27. The van der Waals surface area contributed by atoms with E-state index >= 15 is 0 Å². The third kappa shape index (κ3) is 2.87. The number of rotatable bonds is 3. The van der Waals surface area contributed by atoms with E-state index in [2.05, 4.69) is 0 Å². The largest absolute Gasteiger partial charge is 0.481 e. The van der Waals surface area contributed by atoms with Crippen molar-refractivity contribution in [2.75, 3.05) is 23.8 Å². The maximum Gasteiger partial charge on any atom is 0.264 e. The van der Waals surface area contributed by atoms with E-state index < -0.39 is 16.6 Å². The Morgan fingerprint density at radius 3 is 2.73 bits per heavy atom. The Morgan fingerprint density at radius 1 is 1.18 bits per heavy atom. The number of benzene rings is 2. The first-order valence-electron chi connectivity index (χ1n) is 6.82. The van der Waals surface area contributed by atoms with Gasteiger partial charge in [0.15, 0.2) is 18.2 Å². The van der Waals surface area contributed by atoms with Gasteiger partial charge >= 0.3 is 0 Å². The average Bonchev–Trinajstić information content (AvgIpc) is 2.54. The molecule has 0 radical (unpaired) electrons. The van der Waals surface area contributed by atoms with Crippen LogP contribution >= 0.6 is 0 Å². The molecule has 2 aromatic rings. The third-order valence-corrected chi connectivity index (χ3v) is 4.78. The fourth-order valence-corrected chi connectivity index (χ4v) is 3.53. The third-order valence-electron chi connectivity index (χ3n) is 3.39. The summed E-state index contributed by atoms with van der Waals surface area (Å²) in [5, 5.41) is 0. The van der Waals surface area contributed by atoms with Crippen molar-refractivity contribution >= 4 is 22.4 Å². The first kappa shape index (κ1) is 14.7. The van der Waals surface area contributed by atoms with Crippen LogP contribution in [0, 0.1) is 5.82 Å². The Bertz CT molecular complexity index is 735. The molecule has 0 saturated carbocycles. The van der Waals surface area contributed by atoms with E-state index in [0.717, 1.165) is 0 Å². The molecule has 0 aliphatic carbocycles. The van der Waals surface area contributed by atoms with Crippen LogP contribution in [0.15, 0.2) is 53.4 Å². The van der Waals surface area contributed by atoms with E-state index in [1.54, 1.807) is 36.4 Å². The number of hydrogen-bond donors (Lipinski definition) is 0. The van der Waals surface area contributed by atoms with Crippen molar-refractivity contribution in [2.45, 2.75) is 4.90 Å². The minimum atomic E-state index is -1.09. The Labute approximate surface area is 130 Å². The second-order valence-corrected chi connectivity index (χ2v) is 6.32. The molecule has 2 aromatic carbocycles. The summed E-state index contributed by atoms with van der Waals surface area (Å²) in [7, 11) is -1.09. The van der Waals surface area contributed by atoms with E-state index in [-0.39, 0.29) is 18.3 Å². The standard InChI is InChI=1S/C16H14FNO3S/c17-12-5-1-3-7-14(12)21-11-16(19)18-9-10-22(20)15-8-4-2-6-13(15)18/h1-8H,9-11H2. The molecule has 114 valence electrons. The number of fused-ring (bicyclic) bond motifs is 1. The molecule has 0 saturated heterocycles. The molecular weight excluding hydrogens is 305 g/mol. The number of carbonyl (C=O) groups is 1. The van der Waals surface area contributed by atoms with Gasteiger partial charge in [0.2, 0.25) is 0 Å². The average molecular weight is 319 g/mol. The lowest BCUT2D eigenvalue weighted by Crippen LogP contribution is -2.41. The van der Waals surface area contributed by atoms with Gasteiger partial charge in [-0.25, -0.2) is 4.39 Å². The molecule has 3 rings (SSSR count). The van der Waals surface area contributed by atoms with Crippen LogP contribution in [0.1, 0.15) is 0 Å². The van der Waals surface area contributed by atoms with Crippen LogP contribution in [-0.2, 0) is 15.6 Å². The molecular formula is C16H14FNO3S. The zero-order valence-corrected chi connectivity index (χ0v) is 12.5. The normalized spacial score (nSPS) is 17.0. The zero-order valence-electron chi connectivity index (χ0n) is 11.7. The van der Waals surface area contributed by atoms with E-state index in [9.17, 15) is 13.4 Å². The van der Waals surface area contributed by atoms with Crippen molar-refractivity contribution in [2.24, 2.45) is 0 Å². The first-order valence-corrected chi connectivity index (χ1v) is 8.14. The van der Waals surface area contributed by atoms with Crippen molar-refractivity contribution in [1.82, 2.24) is 0 Å². The number of carbonyl (C=O) groups excluding carboxylic acids is 1. The van der Waals surface area contributed by atoms with Gasteiger partial charge in [-0.2, -0.15) is 0 Å². The van der Waals surface area contributed by atoms with Gasteiger partial charge in [0, 0.05) is 12.3 Å². The number of para-hydroxylation sites is 2. The lowest BCUT2D eigenvalue weighted by atomic mass is 10.2. The fraction of sp³-hybridized carbons (Fsp3) is 0.188. The topological polar surface area (TPSA) is 46.6 Å². The Kier molecular flexibility index (Phi) is 4.20. The molecule has 0 spiro atoms. The molecule has 22 heavy (non-hydrogen) atoms. The van der Waals surface area contributed by atoms with Crippen LogP contribution in [0.25, 0.3) is 0 Å². The van der Waals surface area contributed by atoms with Gasteiger partial charge in [0.05, 0.1) is 21.4 Å². The molecule has 1 unspecified atom stereocenters. The van der Waals surface area contributed by atoms with Crippen molar-refractivity contribution in [1.29, 1.82) is 0 Å². The molecule has 1 aliphatic heterocycles. The van der Waals surface area contributed by atoms with Crippen LogP contribution in [0.5, 0.6) is 5.75 Å². The predicted molar refractivity (Wildman–Crippen MR) is 82.0 cm³/mol. The molecule has 0 aromatic heterocycles. The van der Waals surface area contributed by atoms with Crippen LogP contribution in [0.4, 0.5) is 10.1 Å². The van der Waals surface area contributed by atoms with E-state index in [4.69, 9.17) is 4.74 Å². The highest BCUT2D eigenvalue weighted by molar-refractivity contribution is 7.85. The highest BCUT2D eigenvalue weighted by Crippen LogP contribution is 2.28. The van der Waals surface area contributed by atoms with E-state index in [1.807, 2.05) is 0 Å². The number of hydrogen-bond acceptors (Lipinski definition) is 3. The van der Waals surface area contributed by atoms with Gasteiger partial charge in [0.25, 0.3) is 5.91 Å². The molecule has 1 amide bonds.